The fourth-order valence-electron chi connectivity index (χ4n) is 1.92. The third kappa shape index (κ3) is 3.81. The molecular formula is C11H16O4. The highest BCUT2D eigenvalue weighted by molar-refractivity contribution is 5.94. The maximum atomic E-state index is 11.2. The van der Waals surface area contributed by atoms with Crippen LogP contribution >= 0.6 is 0 Å². The van der Waals surface area contributed by atoms with Gasteiger partial charge in [-0.15, -0.1) is 0 Å². The predicted octanol–water partition coefficient (Wildman–Crippen LogP) is 1.27. The molecule has 15 heavy (non-hydrogen) atoms. The molecule has 0 saturated heterocycles. The average molecular weight is 212 g/mol. The van der Waals surface area contributed by atoms with Crippen molar-refractivity contribution in [3.8, 4) is 0 Å². The van der Waals surface area contributed by atoms with Crippen molar-refractivity contribution in [1.29, 1.82) is 0 Å². The highest BCUT2D eigenvalue weighted by Crippen LogP contribution is 2.28. The molecule has 0 bridgehead atoms. The number of carbonyl (C=O) groups is 3. The lowest BCUT2D eigenvalue weighted by Crippen LogP contribution is -2.27. The third-order valence-corrected chi connectivity index (χ3v) is 2.66. The normalized spacial score (nSPS) is 18.5. The van der Waals surface area contributed by atoms with E-state index in [0.717, 1.165) is 25.7 Å². The lowest BCUT2D eigenvalue weighted by Gasteiger charge is -2.17. The van der Waals surface area contributed by atoms with Crippen LogP contribution in [0, 0.1) is 5.92 Å². The molecule has 0 amide bonds. The van der Waals surface area contributed by atoms with Crippen LogP contribution in [-0.2, 0) is 19.1 Å². The zero-order valence-electron chi connectivity index (χ0n) is 8.90. The Hall–Kier alpha value is -1.19. The van der Waals surface area contributed by atoms with Gasteiger partial charge in [0.2, 0.25) is 0 Å². The molecule has 1 rings (SSSR count). The molecule has 4 heteroatoms. The first-order valence-corrected chi connectivity index (χ1v) is 5.27. The number of hydrogen-bond acceptors (Lipinski definition) is 4. The predicted molar refractivity (Wildman–Crippen MR) is 53.2 cm³/mol. The largest absolute Gasteiger partial charge is 0.454 e. The van der Waals surface area contributed by atoms with Crippen LogP contribution in [0.15, 0.2) is 0 Å². The monoisotopic (exact) mass is 212 g/mol. The zero-order valence-corrected chi connectivity index (χ0v) is 8.90. The molecule has 0 aromatic rings. The second-order valence-corrected chi connectivity index (χ2v) is 4.01. The van der Waals surface area contributed by atoms with Crippen LogP contribution < -0.4 is 0 Å². The zero-order chi connectivity index (χ0) is 11.3. The van der Waals surface area contributed by atoms with Crippen molar-refractivity contribution in [2.45, 2.75) is 45.1 Å². The highest BCUT2D eigenvalue weighted by Gasteiger charge is 2.27. The molecule has 0 spiro atoms. The van der Waals surface area contributed by atoms with E-state index < -0.39 is 12.1 Å². The number of esters is 1. The molecular weight excluding hydrogens is 196 g/mol. The number of rotatable bonds is 5. The van der Waals surface area contributed by atoms with Gasteiger partial charge in [0.05, 0.1) is 0 Å². The molecule has 1 saturated carbocycles. The molecule has 0 aliphatic heterocycles. The fourth-order valence-corrected chi connectivity index (χ4v) is 1.92. The van der Waals surface area contributed by atoms with Crippen LogP contribution in [0.1, 0.15) is 39.0 Å². The van der Waals surface area contributed by atoms with Crippen LogP contribution in [0.2, 0.25) is 0 Å². The standard InChI is InChI=1S/C11H16O4/c1-8(13)6-11(14)15-10(7-12)9-4-2-3-5-9/h7,9-10H,2-6H2,1H3. The Morgan fingerprint density at radius 2 is 2.00 bits per heavy atom. The van der Waals surface area contributed by atoms with Crippen molar-refractivity contribution in [3.05, 3.63) is 0 Å². The summed E-state index contributed by atoms with van der Waals surface area (Å²) in [6, 6.07) is 0. The van der Waals surface area contributed by atoms with E-state index in [9.17, 15) is 14.4 Å². The van der Waals surface area contributed by atoms with Gasteiger partial charge >= 0.3 is 5.97 Å². The van der Waals surface area contributed by atoms with Gasteiger partial charge in [-0.25, -0.2) is 0 Å². The lowest BCUT2D eigenvalue weighted by molar-refractivity contribution is -0.155. The number of aldehydes is 1. The molecule has 0 N–H and O–H groups in total. The van der Waals surface area contributed by atoms with Crippen molar-refractivity contribution in [2.24, 2.45) is 5.92 Å². The van der Waals surface area contributed by atoms with Crippen molar-refractivity contribution in [2.75, 3.05) is 0 Å². The van der Waals surface area contributed by atoms with Crippen molar-refractivity contribution in [1.82, 2.24) is 0 Å². The van der Waals surface area contributed by atoms with Gasteiger partial charge in [-0.3, -0.25) is 14.4 Å². The summed E-state index contributed by atoms with van der Waals surface area (Å²) in [4.78, 5) is 32.6. The summed E-state index contributed by atoms with van der Waals surface area (Å²) < 4.78 is 4.97. The van der Waals surface area contributed by atoms with Crippen molar-refractivity contribution < 1.29 is 19.1 Å². The van der Waals surface area contributed by atoms with Crippen LogP contribution in [0.4, 0.5) is 0 Å². The maximum Gasteiger partial charge on any atom is 0.314 e. The summed E-state index contributed by atoms with van der Waals surface area (Å²) in [7, 11) is 0. The van der Waals surface area contributed by atoms with E-state index in [-0.39, 0.29) is 18.1 Å². The Labute approximate surface area is 89.0 Å². The number of Topliss-reactive ketones (excluding diaryl/α,β-unsaturated/α-hetero) is 1. The van der Waals surface area contributed by atoms with Crippen molar-refractivity contribution in [3.63, 3.8) is 0 Å². The third-order valence-electron chi connectivity index (χ3n) is 2.66. The topological polar surface area (TPSA) is 60.4 Å². The minimum absolute atomic E-state index is 0.151. The maximum absolute atomic E-state index is 11.2. The van der Waals surface area contributed by atoms with Gasteiger partial charge in [0.1, 0.15) is 12.2 Å². The lowest BCUT2D eigenvalue weighted by atomic mass is 10.0. The Morgan fingerprint density at radius 1 is 1.40 bits per heavy atom. The summed E-state index contributed by atoms with van der Waals surface area (Å²) in [6.45, 7) is 1.33. The van der Waals surface area contributed by atoms with Gasteiger partial charge in [0, 0.05) is 5.92 Å². The van der Waals surface area contributed by atoms with E-state index in [0.29, 0.717) is 6.29 Å². The summed E-state index contributed by atoms with van der Waals surface area (Å²) in [5.74, 6) is -0.680. The summed E-state index contributed by atoms with van der Waals surface area (Å²) in [5.41, 5.74) is 0. The van der Waals surface area contributed by atoms with Gasteiger partial charge in [0.25, 0.3) is 0 Å². The Morgan fingerprint density at radius 3 is 2.47 bits per heavy atom. The molecule has 0 aromatic carbocycles. The van der Waals surface area contributed by atoms with Gasteiger partial charge in [-0.05, 0) is 19.8 Å². The molecule has 4 nitrogen and oxygen atoms in total. The van der Waals surface area contributed by atoms with E-state index in [4.69, 9.17) is 4.74 Å². The first-order chi connectivity index (χ1) is 7.13. The number of carbonyl (C=O) groups excluding carboxylic acids is 3. The fraction of sp³-hybridized carbons (Fsp3) is 0.727. The van der Waals surface area contributed by atoms with Crippen LogP contribution in [0.25, 0.3) is 0 Å². The number of ketones is 1. The van der Waals surface area contributed by atoms with Crippen LogP contribution in [0.5, 0.6) is 0 Å². The van der Waals surface area contributed by atoms with Gasteiger partial charge in [0.15, 0.2) is 12.4 Å². The Bertz CT molecular complexity index is 253. The molecule has 1 atom stereocenters. The first-order valence-electron chi connectivity index (χ1n) is 5.27. The summed E-state index contributed by atoms with van der Waals surface area (Å²) in [5, 5.41) is 0. The summed E-state index contributed by atoms with van der Waals surface area (Å²) in [6.07, 6.45) is 3.80. The Kier molecular flexibility index (Phi) is 4.46. The second-order valence-electron chi connectivity index (χ2n) is 4.01. The molecule has 0 aromatic heterocycles. The van der Waals surface area contributed by atoms with E-state index in [1.807, 2.05) is 0 Å². The number of hydrogen-bond donors (Lipinski definition) is 0. The molecule has 0 heterocycles. The van der Waals surface area contributed by atoms with Gasteiger partial charge in [-0.2, -0.15) is 0 Å². The SMILES string of the molecule is CC(=O)CC(=O)OC(C=O)C1CCCC1. The van der Waals surface area contributed by atoms with Crippen LogP contribution in [-0.4, -0.2) is 24.1 Å². The molecule has 1 fully saturated rings. The van der Waals surface area contributed by atoms with E-state index in [2.05, 4.69) is 0 Å². The molecule has 1 aliphatic rings. The van der Waals surface area contributed by atoms with E-state index >= 15 is 0 Å². The minimum Gasteiger partial charge on any atom is -0.454 e. The number of ether oxygens (including phenoxy) is 1. The Balaban J connectivity index is 2.41. The van der Waals surface area contributed by atoms with Gasteiger partial charge in [-0.1, -0.05) is 12.8 Å². The van der Waals surface area contributed by atoms with E-state index in [1.165, 1.54) is 6.92 Å². The second kappa shape index (κ2) is 5.63. The van der Waals surface area contributed by atoms with Crippen molar-refractivity contribution >= 4 is 18.0 Å². The molecule has 84 valence electrons. The first kappa shape index (κ1) is 11.9. The minimum atomic E-state index is -0.653. The quantitative estimate of drug-likeness (QED) is 0.391. The highest BCUT2D eigenvalue weighted by atomic mass is 16.5. The molecule has 1 unspecified atom stereocenters. The van der Waals surface area contributed by atoms with Crippen LogP contribution in [0.3, 0.4) is 0 Å². The molecule has 1 aliphatic carbocycles. The smallest absolute Gasteiger partial charge is 0.314 e. The summed E-state index contributed by atoms with van der Waals surface area (Å²) >= 11 is 0. The molecule has 0 radical (unpaired) electrons. The average Bonchev–Trinajstić information content (AvgIpc) is 2.65. The van der Waals surface area contributed by atoms with E-state index in [1.54, 1.807) is 0 Å². The van der Waals surface area contributed by atoms with Gasteiger partial charge < -0.3 is 4.74 Å².